The molecule has 14 heavy (non-hydrogen) atoms. The first kappa shape index (κ1) is 10.3. The Kier molecular flexibility index (Phi) is 3.36. The Bertz CT molecular complexity index is 331. The number of carbonyl (C=O) groups excluding carboxylic acids is 1. The topological polar surface area (TPSA) is 20.3 Å². The zero-order valence-corrected chi connectivity index (χ0v) is 10.2. The van der Waals surface area contributed by atoms with Crippen LogP contribution in [0.5, 0.6) is 0 Å². The molecule has 2 rings (SSSR count). The van der Waals surface area contributed by atoms with Crippen LogP contribution in [0.15, 0.2) is 15.9 Å². The number of hydrogen-bond donors (Lipinski definition) is 0. The number of Topliss-reactive ketones (excluding diaryl/α,β-unsaturated/α-hetero) is 1. The van der Waals surface area contributed by atoms with E-state index >= 15 is 0 Å². The molecule has 1 aliphatic rings. The van der Waals surface area contributed by atoms with Crippen molar-refractivity contribution in [2.75, 3.05) is 19.6 Å². The monoisotopic (exact) mass is 273 g/mol. The third kappa shape index (κ3) is 2.43. The Morgan fingerprint density at radius 3 is 2.71 bits per heavy atom. The second-order valence-corrected chi connectivity index (χ2v) is 5.97. The second kappa shape index (κ2) is 4.55. The molecule has 0 unspecified atom stereocenters. The molecule has 0 bridgehead atoms. The van der Waals surface area contributed by atoms with Crippen LogP contribution >= 0.6 is 27.3 Å². The molecule has 1 aliphatic heterocycles. The third-order valence-electron chi connectivity index (χ3n) is 2.41. The standard InChI is InChI=1S/C10H12BrNOS/c11-10-4-3-9(14-10)8(13)7-12-5-1-2-6-12/h3-4H,1-2,5-7H2. The van der Waals surface area contributed by atoms with Crippen LogP contribution in [0.3, 0.4) is 0 Å². The lowest BCUT2D eigenvalue weighted by Gasteiger charge is -2.11. The molecule has 1 aromatic heterocycles. The van der Waals surface area contributed by atoms with Crippen molar-refractivity contribution in [2.24, 2.45) is 0 Å². The first-order chi connectivity index (χ1) is 6.75. The summed E-state index contributed by atoms with van der Waals surface area (Å²) in [4.78, 5) is 14.9. The molecule has 0 spiro atoms. The Balaban J connectivity index is 1.95. The van der Waals surface area contributed by atoms with Crippen molar-refractivity contribution in [1.29, 1.82) is 0 Å². The van der Waals surface area contributed by atoms with E-state index in [9.17, 15) is 4.79 Å². The molecule has 0 radical (unpaired) electrons. The summed E-state index contributed by atoms with van der Waals surface area (Å²) in [6.07, 6.45) is 2.48. The second-order valence-electron chi connectivity index (χ2n) is 3.51. The van der Waals surface area contributed by atoms with Crippen LogP contribution in [0, 0.1) is 0 Å². The minimum atomic E-state index is 0.252. The lowest BCUT2D eigenvalue weighted by atomic mass is 10.3. The maximum Gasteiger partial charge on any atom is 0.186 e. The molecule has 0 amide bonds. The van der Waals surface area contributed by atoms with Crippen molar-refractivity contribution >= 4 is 33.0 Å². The van der Waals surface area contributed by atoms with E-state index in [2.05, 4.69) is 20.8 Å². The minimum absolute atomic E-state index is 0.252. The Labute approximate surface area is 96.0 Å². The van der Waals surface area contributed by atoms with Gasteiger partial charge in [-0.1, -0.05) is 0 Å². The number of ketones is 1. The lowest BCUT2D eigenvalue weighted by molar-refractivity contribution is 0.0949. The van der Waals surface area contributed by atoms with Crippen LogP contribution in [0.2, 0.25) is 0 Å². The van der Waals surface area contributed by atoms with Crippen molar-refractivity contribution in [1.82, 2.24) is 4.90 Å². The molecule has 1 saturated heterocycles. The van der Waals surface area contributed by atoms with Crippen LogP contribution in [-0.2, 0) is 0 Å². The number of likely N-dealkylation sites (tertiary alicyclic amines) is 1. The predicted octanol–water partition coefficient (Wildman–Crippen LogP) is 2.79. The number of hydrogen-bond acceptors (Lipinski definition) is 3. The van der Waals surface area contributed by atoms with E-state index in [0.717, 1.165) is 21.8 Å². The number of rotatable bonds is 3. The summed E-state index contributed by atoms with van der Waals surface area (Å²) in [6.45, 7) is 2.75. The van der Waals surface area contributed by atoms with E-state index < -0.39 is 0 Å². The quantitative estimate of drug-likeness (QED) is 0.790. The highest BCUT2D eigenvalue weighted by Crippen LogP contribution is 2.23. The first-order valence-corrected chi connectivity index (χ1v) is 6.37. The molecule has 1 aromatic rings. The van der Waals surface area contributed by atoms with Gasteiger partial charge in [-0.05, 0) is 54.0 Å². The molecule has 0 aliphatic carbocycles. The molecular formula is C10H12BrNOS. The van der Waals surface area contributed by atoms with Crippen LogP contribution in [0.1, 0.15) is 22.5 Å². The molecule has 0 N–H and O–H groups in total. The maximum atomic E-state index is 11.8. The van der Waals surface area contributed by atoms with Gasteiger partial charge in [0.15, 0.2) is 5.78 Å². The normalized spacial score (nSPS) is 17.5. The number of nitrogens with zero attached hydrogens (tertiary/aromatic N) is 1. The molecule has 1 fully saturated rings. The van der Waals surface area contributed by atoms with Gasteiger partial charge in [0.1, 0.15) is 0 Å². The van der Waals surface area contributed by atoms with Crippen molar-refractivity contribution in [3.05, 3.63) is 20.8 Å². The molecule has 4 heteroatoms. The highest BCUT2D eigenvalue weighted by molar-refractivity contribution is 9.11. The predicted molar refractivity (Wildman–Crippen MR) is 62.0 cm³/mol. The highest BCUT2D eigenvalue weighted by atomic mass is 79.9. The van der Waals surface area contributed by atoms with Gasteiger partial charge in [0.25, 0.3) is 0 Å². The zero-order chi connectivity index (χ0) is 9.97. The van der Waals surface area contributed by atoms with Gasteiger partial charge in [-0.3, -0.25) is 9.69 Å². The smallest absolute Gasteiger partial charge is 0.186 e. The zero-order valence-electron chi connectivity index (χ0n) is 7.83. The van der Waals surface area contributed by atoms with E-state index in [4.69, 9.17) is 0 Å². The number of carbonyl (C=O) groups is 1. The summed E-state index contributed by atoms with van der Waals surface area (Å²) in [5.74, 6) is 0.252. The summed E-state index contributed by atoms with van der Waals surface area (Å²) in [5, 5.41) is 0. The largest absolute Gasteiger partial charge is 0.296 e. The fourth-order valence-electron chi connectivity index (χ4n) is 1.69. The van der Waals surface area contributed by atoms with Gasteiger partial charge >= 0.3 is 0 Å². The van der Waals surface area contributed by atoms with Crippen molar-refractivity contribution in [2.45, 2.75) is 12.8 Å². The summed E-state index contributed by atoms with van der Waals surface area (Å²) < 4.78 is 1.03. The molecular weight excluding hydrogens is 262 g/mol. The van der Waals surface area contributed by atoms with Gasteiger partial charge in [0, 0.05) is 0 Å². The summed E-state index contributed by atoms with van der Waals surface area (Å²) in [6, 6.07) is 3.83. The van der Waals surface area contributed by atoms with Crippen molar-refractivity contribution in [3.63, 3.8) is 0 Å². The molecule has 0 atom stereocenters. The fraction of sp³-hybridized carbons (Fsp3) is 0.500. The van der Waals surface area contributed by atoms with E-state index in [0.29, 0.717) is 6.54 Å². The lowest BCUT2D eigenvalue weighted by Crippen LogP contribution is -2.26. The molecule has 2 heterocycles. The SMILES string of the molecule is O=C(CN1CCCC1)c1ccc(Br)s1. The van der Waals surface area contributed by atoms with Gasteiger partial charge in [-0.25, -0.2) is 0 Å². The van der Waals surface area contributed by atoms with Gasteiger partial charge in [-0.15, -0.1) is 11.3 Å². The summed E-state index contributed by atoms with van der Waals surface area (Å²) in [5.41, 5.74) is 0. The fourth-order valence-corrected chi connectivity index (χ4v) is 3.00. The molecule has 0 saturated carbocycles. The molecule has 2 nitrogen and oxygen atoms in total. The summed E-state index contributed by atoms with van der Waals surface area (Å²) >= 11 is 4.89. The highest BCUT2D eigenvalue weighted by Gasteiger charge is 2.17. The minimum Gasteiger partial charge on any atom is -0.296 e. The summed E-state index contributed by atoms with van der Waals surface area (Å²) in [7, 11) is 0. The Morgan fingerprint density at radius 1 is 1.43 bits per heavy atom. The maximum absolute atomic E-state index is 11.8. The number of thiophene rings is 1. The van der Waals surface area contributed by atoms with Crippen LogP contribution in [0.4, 0.5) is 0 Å². The van der Waals surface area contributed by atoms with Gasteiger partial charge in [0.2, 0.25) is 0 Å². The average molecular weight is 274 g/mol. The number of halogens is 1. The Morgan fingerprint density at radius 2 is 2.14 bits per heavy atom. The molecule has 0 aromatic carbocycles. The van der Waals surface area contributed by atoms with E-state index in [1.54, 1.807) is 0 Å². The van der Waals surface area contributed by atoms with Gasteiger partial charge in [0.05, 0.1) is 15.2 Å². The van der Waals surface area contributed by atoms with Gasteiger partial charge < -0.3 is 0 Å². The van der Waals surface area contributed by atoms with Crippen LogP contribution in [0.25, 0.3) is 0 Å². The molecule has 76 valence electrons. The van der Waals surface area contributed by atoms with Crippen LogP contribution in [-0.4, -0.2) is 30.3 Å². The van der Waals surface area contributed by atoms with Gasteiger partial charge in [-0.2, -0.15) is 0 Å². The Hall–Kier alpha value is -0.190. The van der Waals surface area contributed by atoms with Crippen LogP contribution < -0.4 is 0 Å². The first-order valence-electron chi connectivity index (χ1n) is 4.76. The van der Waals surface area contributed by atoms with E-state index in [1.807, 2.05) is 12.1 Å². The average Bonchev–Trinajstić information content (AvgIpc) is 2.75. The van der Waals surface area contributed by atoms with E-state index in [-0.39, 0.29) is 5.78 Å². The third-order valence-corrected chi connectivity index (χ3v) is 4.08. The van der Waals surface area contributed by atoms with E-state index in [1.165, 1.54) is 24.2 Å². The van der Waals surface area contributed by atoms with Crippen molar-refractivity contribution in [3.8, 4) is 0 Å². The van der Waals surface area contributed by atoms with Crippen molar-refractivity contribution < 1.29 is 4.79 Å².